The smallest absolute Gasteiger partial charge is 0.243 e. The van der Waals surface area contributed by atoms with Crippen LogP contribution in [0.15, 0.2) is 29.2 Å². The Hall–Kier alpha value is -1.44. The second-order valence-electron chi connectivity index (χ2n) is 9.88. The summed E-state index contributed by atoms with van der Waals surface area (Å²) in [7, 11) is -1.47. The Morgan fingerprint density at radius 3 is 1.97 bits per heavy atom. The van der Waals surface area contributed by atoms with Crippen molar-refractivity contribution in [2.45, 2.75) is 43.4 Å². The molecule has 0 atom stereocenters. The molecule has 158 valence electrons. The van der Waals surface area contributed by atoms with Gasteiger partial charge in [0.15, 0.2) is 0 Å². The summed E-state index contributed by atoms with van der Waals surface area (Å²) in [6, 6.07) is 6.73. The summed E-state index contributed by atoms with van der Waals surface area (Å²) in [6.45, 7) is 2.53. The van der Waals surface area contributed by atoms with E-state index in [4.69, 9.17) is 0 Å². The van der Waals surface area contributed by atoms with E-state index in [1.165, 1.54) is 19.3 Å². The van der Waals surface area contributed by atoms with E-state index in [1.54, 1.807) is 28.6 Å². The summed E-state index contributed by atoms with van der Waals surface area (Å²) < 4.78 is 27.3. The molecule has 0 spiro atoms. The normalized spacial score (nSPS) is 35.0. The van der Waals surface area contributed by atoms with Crippen molar-refractivity contribution in [3.8, 4) is 0 Å². The Labute approximate surface area is 173 Å². The Balaban J connectivity index is 1.28. The number of anilines is 1. The van der Waals surface area contributed by atoms with Gasteiger partial charge in [0.2, 0.25) is 15.9 Å². The highest BCUT2D eigenvalue weighted by atomic mass is 32.2. The molecule has 0 radical (unpaired) electrons. The summed E-state index contributed by atoms with van der Waals surface area (Å²) in [5.74, 6) is 2.32. The van der Waals surface area contributed by atoms with E-state index in [0.717, 1.165) is 50.1 Å². The molecule has 0 unspecified atom stereocenters. The van der Waals surface area contributed by atoms with Crippen LogP contribution >= 0.6 is 0 Å². The number of sulfonamides is 1. The topological polar surface area (TPSA) is 69.7 Å². The second kappa shape index (κ2) is 7.06. The van der Waals surface area contributed by atoms with Gasteiger partial charge in [-0.1, -0.05) is 0 Å². The Kier molecular flexibility index (Phi) is 4.76. The molecule has 1 aromatic carbocycles. The number of carbonyl (C=O) groups is 1. The molecule has 6 rings (SSSR count). The van der Waals surface area contributed by atoms with Crippen LogP contribution in [0, 0.1) is 23.2 Å². The maximum Gasteiger partial charge on any atom is 0.243 e. The average molecular weight is 418 g/mol. The van der Waals surface area contributed by atoms with Gasteiger partial charge >= 0.3 is 0 Å². The highest BCUT2D eigenvalue weighted by Crippen LogP contribution is 2.60. The first-order chi connectivity index (χ1) is 13.8. The zero-order chi connectivity index (χ0) is 20.2. The molecular weight excluding hydrogens is 386 g/mol. The van der Waals surface area contributed by atoms with Crippen molar-refractivity contribution >= 4 is 21.6 Å². The monoisotopic (exact) mass is 417 g/mol. The standard InChI is InChI=1S/C22H31N3O3S/c1-24-6-8-25(9-7-24)29(27,28)20-4-2-19(3-5-20)23-21(26)22-13-16-10-17(14-22)12-18(11-16)15-22/h2-5,16-18H,6-15H2,1H3,(H,23,26). The number of benzene rings is 1. The van der Waals surface area contributed by atoms with E-state index >= 15 is 0 Å². The molecule has 1 heterocycles. The fourth-order valence-corrected chi connectivity index (χ4v) is 7.96. The highest BCUT2D eigenvalue weighted by Gasteiger charge is 2.54. The molecule has 4 bridgehead atoms. The fourth-order valence-electron chi connectivity index (χ4n) is 6.54. The van der Waals surface area contributed by atoms with Gasteiger partial charge in [-0.3, -0.25) is 4.79 Å². The minimum absolute atomic E-state index is 0.145. The molecule has 1 N–H and O–H groups in total. The third-order valence-corrected chi connectivity index (χ3v) is 9.64. The molecular formula is C22H31N3O3S. The number of amides is 1. The van der Waals surface area contributed by atoms with E-state index in [9.17, 15) is 13.2 Å². The number of piperazine rings is 1. The van der Waals surface area contributed by atoms with Crippen LogP contribution < -0.4 is 5.32 Å². The SMILES string of the molecule is CN1CCN(S(=O)(=O)c2ccc(NC(=O)C34CC5CC(CC(C5)C3)C4)cc2)CC1. The third-order valence-electron chi connectivity index (χ3n) is 7.73. The Morgan fingerprint density at radius 1 is 0.931 bits per heavy atom. The van der Waals surface area contributed by atoms with Crippen LogP contribution in [0.5, 0.6) is 0 Å². The Bertz CT molecular complexity index is 853. The van der Waals surface area contributed by atoms with Gasteiger partial charge in [0.25, 0.3) is 0 Å². The Morgan fingerprint density at radius 2 is 1.45 bits per heavy atom. The number of rotatable bonds is 4. The van der Waals surface area contributed by atoms with Crippen LogP contribution in [0.2, 0.25) is 0 Å². The first kappa shape index (κ1) is 19.5. The van der Waals surface area contributed by atoms with Crippen LogP contribution in [0.1, 0.15) is 38.5 Å². The second-order valence-corrected chi connectivity index (χ2v) is 11.8. The number of carbonyl (C=O) groups excluding carboxylic acids is 1. The molecule has 29 heavy (non-hydrogen) atoms. The van der Waals surface area contributed by atoms with E-state index in [2.05, 4.69) is 10.2 Å². The summed E-state index contributed by atoms with van der Waals surface area (Å²) in [5, 5.41) is 3.11. The van der Waals surface area contributed by atoms with E-state index in [-0.39, 0.29) is 11.3 Å². The third kappa shape index (κ3) is 3.51. The van der Waals surface area contributed by atoms with Gasteiger partial charge in [-0.05, 0) is 87.6 Å². The zero-order valence-corrected chi connectivity index (χ0v) is 18.0. The van der Waals surface area contributed by atoms with Crippen molar-refractivity contribution in [2.75, 3.05) is 38.5 Å². The molecule has 4 aliphatic carbocycles. The quantitative estimate of drug-likeness (QED) is 0.818. The van der Waals surface area contributed by atoms with Gasteiger partial charge in [0.05, 0.1) is 10.3 Å². The van der Waals surface area contributed by atoms with Gasteiger partial charge in [-0.25, -0.2) is 8.42 Å². The minimum atomic E-state index is -3.47. The molecule has 1 amide bonds. The van der Waals surface area contributed by atoms with Gasteiger partial charge in [0.1, 0.15) is 0 Å². The highest BCUT2D eigenvalue weighted by molar-refractivity contribution is 7.89. The first-order valence-corrected chi connectivity index (χ1v) is 12.4. The molecule has 0 aromatic heterocycles. The van der Waals surface area contributed by atoms with E-state index in [1.807, 2.05) is 7.05 Å². The maximum atomic E-state index is 13.2. The summed E-state index contributed by atoms with van der Waals surface area (Å²) in [6.07, 6.45) is 7.02. The number of nitrogens with one attached hydrogen (secondary N) is 1. The van der Waals surface area contributed by atoms with Gasteiger partial charge < -0.3 is 10.2 Å². The van der Waals surface area contributed by atoms with Gasteiger partial charge in [0, 0.05) is 31.9 Å². The average Bonchev–Trinajstić information content (AvgIpc) is 2.68. The lowest BCUT2D eigenvalue weighted by atomic mass is 9.49. The number of likely N-dealkylation sites (N-methyl/N-ethyl adjacent to an activating group) is 1. The predicted octanol–water partition coefficient (Wildman–Crippen LogP) is 2.78. The summed E-state index contributed by atoms with van der Waals surface area (Å²) in [4.78, 5) is 15.6. The number of hydrogen-bond donors (Lipinski definition) is 1. The molecule has 5 aliphatic rings. The minimum Gasteiger partial charge on any atom is -0.326 e. The molecule has 1 saturated heterocycles. The summed E-state index contributed by atoms with van der Waals surface area (Å²) in [5.41, 5.74) is 0.502. The molecule has 1 aromatic rings. The van der Waals surface area contributed by atoms with E-state index in [0.29, 0.717) is 23.7 Å². The van der Waals surface area contributed by atoms with Crippen molar-refractivity contribution in [2.24, 2.45) is 23.2 Å². The zero-order valence-electron chi connectivity index (χ0n) is 17.1. The van der Waals surface area contributed by atoms with Crippen molar-refractivity contribution in [1.82, 2.24) is 9.21 Å². The number of hydrogen-bond acceptors (Lipinski definition) is 4. The molecule has 7 heteroatoms. The van der Waals surface area contributed by atoms with Crippen LogP contribution in [0.25, 0.3) is 0 Å². The van der Waals surface area contributed by atoms with Gasteiger partial charge in [-0.2, -0.15) is 4.31 Å². The van der Waals surface area contributed by atoms with Crippen molar-refractivity contribution < 1.29 is 13.2 Å². The summed E-state index contributed by atoms with van der Waals surface area (Å²) >= 11 is 0. The fraction of sp³-hybridized carbons (Fsp3) is 0.682. The predicted molar refractivity (Wildman–Crippen MR) is 112 cm³/mol. The van der Waals surface area contributed by atoms with Crippen LogP contribution in [-0.4, -0.2) is 56.8 Å². The maximum absolute atomic E-state index is 13.2. The van der Waals surface area contributed by atoms with Crippen molar-refractivity contribution in [3.05, 3.63) is 24.3 Å². The molecule has 5 fully saturated rings. The molecule has 6 nitrogen and oxygen atoms in total. The number of nitrogens with zero attached hydrogens (tertiary/aromatic N) is 2. The lowest BCUT2D eigenvalue weighted by Gasteiger charge is -2.55. The van der Waals surface area contributed by atoms with Crippen molar-refractivity contribution in [3.63, 3.8) is 0 Å². The van der Waals surface area contributed by atoms with Crippen LogP contribution in [0.4, 0.5) is 5.69 Å². The lowest BCUT2D eigenvalue weighted by Crippen LogP contribution is -2.51. The first-order valence-electron chi connectivity index (χ1n) is 10.9. The molecule has 1 aliphatic heterocycles. The lowest BCUT2D eigenvalue weighted by molar-refractivity contribution is -0.140. The van der Waals surface area contributed by atoms with Gasteiger partial charge in [-0.15, -0.1) is 0 Å². The van der Waals surface area contributed by atoms with Crippen LogP contribution in [0.3, 0.4) is 0 Å². The molecule has 4 saturated carbocycles. The van der Waals surface area contributed by atoms with Crippen LogP contribution in [-0.2, 0) is 14.8 Å². The largest absolute Gasteiger partial charge is 0.326 e. The van der Waals surface area contributed by atoms with Crippen molar-refractivity contribution in [1.29, 1.82) is 0 Å². The van der Waals surface area contributed by atoms with E-state index < -0.39 is 10.0 Å².